The average Bonchev–Trinajstić information content (AvgIpc) is 2.82. The summed E-state index contributed by atoms with van der Waals surface area (Å²) in [5, 5.41) is 2.96. The highest BCUT2D eigenvalue weighted by Gasteiger charge is 2.11. The van der Waals surface area contributed by atoms with Gasteiger partial charge >= 0.3 is 0 Å². The summed E-state index contributed by atoms with van der Waals surface area (Å²) in [7, 11) is 0. The lowest BCUT2D eigenvalue weighted by Crippen LogP contribution is -1.87. The highest BCUT2D eigenvalue weighted by atomic mass is 35.5. The molecule has 2 heterocycles. The van der Waals surface area contributed by atoms with E-state index in [2.05, 4.69) is 42.0 Å². The standard InChI is InChI=1S/C15H15ClN2/c1-3-9-5-6-11-12(7-9)18-15(16)14-13(11)10(4-2)8-17-14/h5-8,17H,3-4H2,1-2H3. The Hall–Kier alpha value is -1.54. The number of hydrogen-bond donors (Lipinski definition) is 1. The third kappa shape index (κ3) is 1.60. The molecule has 0 aliphatic carbocycles. The molecule has 0 aliphatic heterocycles. The number of nitrogens with zero attached hydrogens (tertiary/aromatic N) is 1. The van der Waals surface area contributed by atoms with Crippen molar-refractivity contribution in [2.45, 2.75) is 26.7 Å². The van der Waals surface area contributed by atoms with Gasteiger partial charge in [-0.05, 0) is 30.0 Å². The summed E-state index contributed by atoms with van der Waals surface area (Å²) >= 11 is 6.26. The van der Waals surface area contributed by atoms with Gasteiger partial charge in [-0.3, -0.25) is 0 Å². The molecule has 0 saturated carbocycles. The molecule has 0 spiro atoms. The summed E-state index contributed by atoms with van der Waals surface area (Å²) in [6.45, 7) is 4.30. The van der Waals surface area contributed by atoms with Gasteiger partial charge in [-0.15, -0.1) is 0 Å². The summed E-state index contributed by atoms with van der Waals surface area (Å²) in [6.07, 6.45) is 4.04. The van der Waals surface area contributed by atoms with Gasteiger partial charge in [0.2, 0.25) is 0 Å². The first kappa shape index (κ1) is 11.5. The Morgan fingerprint density at radius 2 is 2.06 bits per heavy atom. The zero-order chi connectivity index (χ0) is 12.7. The molecular weight excluding hydrogens is 244 g/mol. The van der Waals surface area contributed by atoms with Crippen LogP contribution in [0.5, 0.6) is 0 Å². The number of benzene rings is 1. The topological polar surface area (TPSA) is 28.7 Å². The lowest BCUT2D eigenvalue weighted by Gasteiger charge is -2.05. The van der Waals surface area contributed by atoms with Crippen LogP contribution in [0.25, 0.3) is 21.8 Å². The normalized spacial score (nSPS) is 11.5. The van der Waals surface area contributed by atoms with Crippen molar-refractivity contribution in [3.63, 3.8) is 0 Å². The minimum Gasteiger partial charge on any atom is -0.358 e. The number of aromatic amines is 1. The molecule has 0 radical (unpaired) electrons. The molecule has 2 nitrogen and oxygen atoms in total. The second-order valence-corrected chi connectivity index (χ2v) is 4.88. The first-order valence-electron chi connectivity index (χ1n) is 6.32. The molecule has 18 heavy (non-hydrogen) atoms. The molecule has 1 N–H and O–H groups in total. The van der Waals surface area contributed by atoms with Gasteiger partial charge in [0.15, 0.2) is 5.15 Å². The molecule has 0 bridgehead atoms. The zero-order valence-corrected chi connectivity index (χ0v) is 11.3. The van der Waals surface area contributed by atoms with E-state index in [0.29, 0.717) is 5.15 Å². The van der Waals surface area contributed by atoms with Crippen LogP contribution in [-0.2, 0) is 12.8 Å². The van der Waals surface area contributed by atoms with Gasteiger partial charge in [0, 0.05) is 17.0 Å². The van der Waals surface area contributed by atoms with Gasteiger partial charge in [-0.1, -0.05) is 37.6 Å². The first-order chi connectivity index (χ1) is 8.74. The minimum absolute atomic E-state index is 0.561. The summed E-state index contributed by atoms with van der Waals surface area (Å²) in [5.74, 6) is 0. The van der Waals surface area contributed by atoms with E-state index in [0.717, 1.165) is 23.9 Å². The fraction of sp³-hybridized carbons (Fsp3) is 0.267. The highest BCUT2D eigenvalue weighted by molar-refractivity contribution is 6.35. The molecule has 0 atom stereocenters. The largest absolute Gasteiger partial charge is 0.358 e. The van der Waals surface area contributed by atoms with E-state index in [1.54, 1.807) is 0 Å². The lowest BCUT2D eigenvalue weighted by atomic mass is 10.0. The maximum Gasteiger partial charge on any atom is 0.153 e. The zero-order valence-electron chi connectivity index (χ0n) is 10.5. The fourth-order valence-electron chi connectivity index (χ4n) is 2.48. The molecule has 3 heteroatoms. The van der Waals surface area contributed by atoms with E-state index in [1.165, 1.54) is 21.9 Å². The van der Waals surface area contributed by atoms with Crippen LogP contribution in [0.3, 0.4) is 0 Å². The van der Waals surface area contributed by atoms with Crippen molar-refractivity contribution in [3.05, 3.63) is 40.7 Å². The SMILES string of the molecule is CCc1ccc2c(c1)nc(Cl)c1[nH]cc(CC)c12. The maximum absolute atomic E-state index is 6.26. The van der Waals surface area contributed by atoms with Gasteiger partial charge < -0.3 is 4.98 Å². The van der Waals surface area contributed by atoms with Gasteiger partial charge in [0.25, 0.3) is 0 Å². The molecule has 1 aromatic carbocycles. The fourth-order valence-corrected chi connectivity index (χ4v) is 2.72. The molecule has 3 aromatic rings. The Labute approximate surface area is 111 Å². The lowest BCUT2D eigenvalue weighted by molar-refractivity contribution is 1.14. The van der Waals surface area contributed by atoms with E-state index >= 15 is 0 Å². The van der Waals surface area contributed by atoms with Crippen molar-refractivity contribution >= 4 is 33.4 Å². The van der Waals surface area contributed by atoms with Crippen molar-refractivity contribution in [2.75, 3.05) is 0 Å². The predicted octanol–water partition coefficient (Wildman–Crippen LogP) is 4.49. The van der Waals surface area contributed by atoms with E-state index in [4.69, 9.17) is 11.6 Å². The van der Waals surface area contributed by atoms with Crippen molar-refractivity contribution in [1.82, 2.24) is 9.97 Å². The number of rotatable bonds is 2. The summed E-state index contributed by atoms with van der Waals surface area (Å²) in [5.41, 5.74) is 4.52. The van der Waals surface area contributed by atoms with E-state index in [-0.39, 0.29) is 0 Å². The third-order valence-corrected chi connectivity index (χ3v) is 3.78. The number of aromatic nitrogens is 2. The maximum atomic E-state index is 6.26. The van der Waals surface area contributed by atoms with Gasteiger partial charge in [-0.25, -0.2) is 4.98 Å². The summed E-state index contributed by atoms with van der Waals surface area (Å²) in [4.78, 5) is 7.73. The molecular formula is C15H15ClN2. The Bertz CT molecular complexity index is 728. The van der Waals surface area contributed by atoms with Gasteiger partial charge in [-0.2, -0.15) is 0 Å². The second kappa shape index (κ2) is 4.29. The van der Waals surface area contributed by atoms with Crippen molar-refractivity contribution in [1.29, 1.82) is 0 Å². The Morgan fingerprint density at radius 3 is 2.78 bits per heavy atom. The number of halogens is 1. The quantitative estimate of drug-likeness (QED) is 0.674. The van der Waals surface area contributed by atoms with Gasteiger partial charge in [0.1, 0.15) is 0 Å². The minimum atomic E-state index is 0.561. The Kier molecular flexibility index (Phi) is 2.75. The first-order valence-corrected chi connectivity index (χ1v) is 6.70. The molecule has 0 aliphatic rings. The molecule has 0 fully saturated rings. The molecule has 3 rings (SSSR count). The van der Waals surface area contributed by atoms with Crippen LogP contribution >= 0.6 is 11.6 Å². The van der Waals surface area contributed by atoms with E-state index in [9.17, 15) is 0 Å². The summed E-state index contributed by atoms with van der Waals surface area (Å²) in [6, 6.07) is 6.46. The monoisotopic (exact) mass is 258 g/mol. The molecule has 0 amide bonds. The van der Waals surface area contributed by atoms with Crippen LogP contribution in [-0.4, -0.2) is 9.97 Å². The van der Waals surface area contributed by atoms with Crippen molar-refractivity contribution < 1.29 is 0 Å². The smallest absolute Gasteiger partial charge is 0.153 e. The number of fused-ring (bicyclic) bond motifs is 3. The number of nitrogens with one attached hydrogen (secondary N) is 1. The van der Waals surface area contributed by atoms with Crippen LogP contribution in [0, 0.1) is 0 Å². The predicted molar refractivity (Wildman–Crippen MR) is 77.4 cm³/mol. The highest BCUT2D eigenvalue weighted by Crippen LogP contribution is 2.31. The number of hydrogen-bond acceptors (Lipinski definition) is 1. The Balaban J connectivity index is 2.47. The van der Waals surface area contributed by atoms with Crippen LogP contribution < -0.4 is 0 Å². The number of pyridine rings is 1. The molecule has 2 aromatic heterocycles. The van der Waals surface area contributed by atoms with Crippen molar-refractivity contribution in [2.24, 2.45) is 0 Å². The summed E-state index contributed by atoms with van der Waals surface area (Å²) < 4.78 is 0. The van der Waals surface area contributed by atoms with Crippen LogP contribution in [0.4, 0.5) is 0 Å². The van der Waals surface area contributed by atoms with Crippen LogP contribution in [0.15, 0.2) is 24.4 Å². The average molecular weight is 259 g/mol. The van der Waals surface area contributed by atoms with E-state index in [1.807, 2.05) is 6.20 Å². The van der Waals surface area contributed by atoms with Gasteiger partial charge in [0.05, 0.1) is 11.0 Å². The molecule has 92 valence electrons. The Morgan fingerprint density at radius 1 is 1.22 bits per heavy atom. The molecule has 0 unspecified atom stereocenters. The molecule has 0 saturated heterocycles. The third-order valence-electron chi connectivity index (χ3n) is 3.51. The second-order valence-electron chi connectivity index (χ2n) is 4.53. The van der Waals surface area contributed by atoms with Crippen molar-refractivity contribution in [3.8, 4) is 0 Å². The number of H-pyrrole nitrogens is 1. The van der Waals surface area contributed by atoms with Crippen LogP contribution in [0.1, 0.15) is 25.0 Å². The van der Waals surface area contributed by atoms with E-state index < -0.39 is 0 Å². The number of aryl methyl sites for hydroxylation is 2. The van der Waals surface area contributed by atoms with Crippen LogP contribution in [0.2, 0.25) is 5.15 Å².